The van der Waals surface area contributed by atoms with Gasteiger partial charge in [0.15, 0.2) is 0 Å². The van der Waals surface area contributed by atoms with Crippen LogP contribution in [-0.4, -0.2) is 29.1 Å². The average molecular weight is 321 g/mol. The van der Waals surface area contributed by atoms with Gasteiger partial charge in [0, 0.05) is 30.2 Å². The van der Waals surface area contributed by atoms with Crippen molar-refractivity contribution in [3.63, 3.8) is 0 Å². The van der Waals surface area contributed by atoms with E-state index in [9.17, 15) is 10.1 Å². The molecule has 5 nitrogen and oxygen atoms in total. The molecule has 0 aliphatic rings. The van der Waals surface area contributed by atoms with Gasteiger partial charge in [-0.15, -0.1) is 0 Å². The fourth-order valence-corrected chi connectivity index (χ4v) is 3.41. The summed E-state index contributed by atoms with van der Waals surface area (Å²) in [7, 11) is 0. The minimum Gasteiger partial charge on any atom is -0.365 e. The molecule has 0 spiro atoms. The third kappa shape index (κ3) is 4.15. The summed E-state index contributed by atoms with van der Waals surface area (Å²) >= 11 is 0. The van der Waals surface area contributed by atoms with Gasteiger partial charge in [0.25, 0.3) is 5.69 Å². The highest BCUT2D eigenvalue weighted by atomic mass is 16.6. The van der Waals surface area contributed by atoms with Crippen LogP contribution >= 0.6 is 0 Å². The van der Waals surface area contributed by atoms with Gasteiger partial charge in [-0.25, -0.2) is 0 Å². The number of nitro benzene ring substituents is 1. The second-order valence-corrected chi connectivity index (χ2v) is 7.09. The van der Waals surface area contributed by atoms with Gasteiger partial charge in [-0.2, -0.15) is 0 Å². The van der Waals surface area contributed by atoms with Gasteiger partial charge in [0.1, 0.15) is 5.69 Å². The summed E-state index contributed by atoms with van der Waals surface area (Å²) in [5.74, 6) is 0. The van der Waals surface area contributed by atoms with Crippen molar-refractivity contribution in [2.24, 2.45) is 0 Å². The molecule has 5 heteroatoms. The van der Waals surface area contributed by atoms with E-state index >= 15 is 0 Å². The Morgan fingerprint density at radius 1 is 0.826 bits per heavy atom. The van der Waals surface area contributed by atoms with Gasteiger partial charge in [0.2, 0.25) is 0 Å². The summed E-state index contributed by atoms with van der Waals surface area (Å²) in [5.41, 5.74) is 1.84. The van der Waals surface area contributed by atoms with Crippen LogP contribution in [0.15, 0.2) is 18.2 Å². The molecule has 0 bridgehead atoms. The highest BCUT2D eigenvalue weighted by molar-refractivity contribution is 5.81. The molecule has 0 atom stereocenters. The first-order chi connectivity index (χ1) is 10.6. The molecule has 0 fully saturated rings. The van der Waals surface area contributed by atoms with Crippen LogP contribution in [0.5, 0.6) is 0 Å². The molecule has 0 aliphatic heterocycles. The molecule has 0 aromatic heterocycles. The Morgan fingerprint density at radius 2 is 1.26 bits per heavy atom. The normalized spacial score (nSPS) is 11.7. The van der Waals surface area contributed by atoms with Gasteiger partial charge in [-0.3, -0.25) is 10.1 Å². The standard InChI is InChI=1S/C18H31N3O2/c1-12(2)19(13(3)4)16-10-9-11-17(21(22)23)18(16)20(14(5)6)15(7)8/h9-15H,1-8H3. The van der Waals surface area contributed by atoms with Gasteiger partial charge in [-0.1, -0.05) is 6.07 Å². The molecule has 0 saturated heterocycles. The van der Waals surface area contributed by atoms with E-state index in [1.807, 2.05) is 6.07 Å². The largest absolute Gasteiger partial charge is 0.365 e. The van der Waals surface area contributed by atoms with Crippen LogP contribution < -0.4 is 9.80 Å². The number of hydrogen-bond donors (Lipinski definition) is 0. The predicted molar refractivity (Wildman–Crippen MR) is 98.6 cm³/mol. The van der Waals surface area contributed by atoms with Crippen molar-refractivity contribution in [1.29, 1.82) is 0 Å². The summed E-state index contributed by atoms with van der Waals surface area (Å²) in [6.45, 7) is 16.8. The molecule has 0 aliphatic carbocycles. The van der Waals surface area contributed by atoms with Crippen LogP contribution in [0.1, 0.15) is 55.4 Å². The lowest BCUT2D eigenvalue weighted by molar-refractivity contribution is -0.384. The molecule has 130 valence electrons. The second-order valence-electron chi connectivity index (χ2n) is 7.09. The molecule has 0 heterocycles. The third-order valence-electron chi connectivity index (χ3n) is 3.95. The quantitative estimate of drug-likeness (QED) is 0.532. The van der Waals surface area contributed by atoms with Crippen molar-refractivity contribution in [1.82, 2.24) is 0 Å². The summed E-state index contributed by atoms with van der Waals surface area (Å²) in [6, 6.07) is 6.27. The lowest BCUT2D eigenvalue weighted by Crippen LogP contribution is -2.42. The van der Waals surface area contributed by atoms with Crippen LogP contribution in [0.2, 0.25) is 0 Å². The van der Waals surface area contributed by atoms with Crippen LogP contribution in [-0.2, 0) is 0 Å². The summed E-state index contributed by atoms with van der Waals surface area (Å²) in [5, 5.41) is 11.6. The van der Waals surface area contributed by atoms with E-state index < -0.39 is 0 Å². The first-order valence-electron chi connectivity index (χ1n) is 8.43. The Hall–Kier alpha value is -1.78. The van der Waals surface area contributed by atoms with Gasteiger partial charge in [0.05, 0.1) is 10.6 Å². The van der Waals surface area contributed by atoms with E-state index in [0.717, 1.165) is 11.4 Å². The van der Waals surface area contributed by atoms with Crippen molar-refractivity contribution >= 4 is 17.1 Å². The SMILES string of the molecule is CC(C)N(c1cccc([N+](=O)[O-])c1N(C(C)C)C(C)C)C(C)C. The molecule has 0 amide bonds. The number of para-hydroxylation sites is 1. The first kappa shape index (κ1) is 19.3. The fraction of sp³-hybridized carbons (Fsp3) is 0.667. The monoisotopic (exact) mass is 321 g/mol. The Morgan fingerprint density at radius 3 is 1.61 bits per heavy atom. The molecular weight excluding hydrogens is 290 g/mol. The van der Waals surface area contributed by atoms with E-state index in [2.05, 4.69) is 65.2 Å². The molecule has 1 aromatic carbocycles. The van der Waals surface area contributed by atoms with E-state index in [1.165, 1.54) is 0 Å². The van der Waals surface area contributed by atoms with E-state index in [0.29, 0.717) is 0 Å². The maximum absolute atomic E-state index is 11.6. The minimum atomic E-state index is -0.268. The van der Waals surface area contributed by atoms with Gasteiger partial charge < -0.3 is 9.80 Å². The molecule has 0 unspecified atom stereocenters. The smallest absolute Gasteiger partial charge is 0.294 e. The molecule has 23 heavy (non-hydrogen) atoms. The Bertz CT molecular complexity index is 523. The second kappa shape index (κ2) is 7.66. The number of benzene rings is 1. The predicted octanol–water partition coefficient (Wildman–Crippen LogP) is 4.84. The molecule has 1 aromatic rings. The zero-order valence-electron chi connectivity index (χ0n) is 15.7. The van der Waals surface area contributed by atoms with Crippen LogP contribution in [0.4, 0.5) is 17.1 Å². The lowest BCUT2D eigenvalue weighted by atomic mass is 10.1. The maximum Gasteiger partial charge on any atom is 0.294 e. The Kier molecular flexibility index (Phi) is 6.42. The van der Waals surface area contributed by atoms with Crippen molar-refractivity contribution < 1.29 is 4.92 Å². The molecular formula is C18H31N3O2. The van der Waals surface area contributed by atoms with Crippen molar-refractivity contribution in [3.05, 3.63) is 28.3 Å². The number of rotatable bonds is 7. The van der Waals surface area contributed by atoms with E-state index in [1.54, 1.807) is 12.1 Å². The highest BCUT2D eigenvalue weighted by Gasteiger charge is 2.30. The Balaban J connectivity index is 3.71. The first-order valence-corrected chi connectivity index (χ1v) is 8.43. The van der Waals surface area contributed by atoms with Crippen molar-refractivity contribution in [2.75, 3.05) is 9.80 Å². The zero-order chi connectivity index (χ0) is 17.9. The Labute approximate surface area is 140 Å². The van der Waals surface area contributed by atoms with Gasteiger partial charge >= 0.3 is 0 Å². The number of hydrogen-bond acceptors (Lipinski definition) is 4. The molecule has 0 N–H and O–H groups in total. The van der Waals surface area contributed by atoms with Crippen molar-refractivity contribution in [3.8, 4) is 0 Å². The number of nitro groups is 1. The number of anilines is 2. The van der Waals surface area contributed by atoms with Gasteiger partial charge in [-0.05, 0) is 61.5 Å². The summed E-state index contributed by atoms with van der Waals surface area (Å²) in [6.07, 6.45) is 0. The van der Waals surface area contributed by atoms with Crippen LogP contribution in [0.25, 0.3) is 0 Å². The third-order valence-corrected chi connectivity index (χ3v) is 3.95. The average Bonchev–Trinajstić information content (AvgIpc) is 2.38. The molecule has 0 saturated carbocycles. The fourth-order valence-electron chi connectivity index (χ4n) is 3.41. The highest BCUT2D eigenvalue weighted by Crippen LogP contribution is 2.41. The minimum absolute atomic E-state index is 0.177. The van der Waals surface area contributed by atoms with Crippen molar-refractivity contribution in [2.45, 2.75) is 79.6 Å². The number of nitrogens with zero attached hydrogens (tertiary/aromatic N) is 3. The topological polar surface area (TPSA) is 49.6 Å². The zero-order valence-corrected chi connectivity index (χ0v) is 15.7. The van der Waals surface area contributed by atoms with Crippen LogP contribution in [0, 0.1) is 10.1 Å². The summed E-state index contributed by atoms with van der Waals surface area (Å²) in [4.78, 5) is 15.8. The molecule has 1 rings (SSSR count). The molecule has 0 radical (unpaired) electrons. The lowest BCUT2D eigenvalue weighted by Gasteiger charge is -2.40. The van der Waals surface area contributed by atoms with Crippen LogP contribution in [0.3, 0.4) is 0 Å². The maximum atomic E-state index is 11.6. The van der Waals surface area contributed by atoms with E-state index in [-0.39, 0.29) is 34.8 Å². The summed E-state index contributed by atoms with van der Waals surface area (Å²) < 4.78 is 0. The van der Waals surface area contributed by atoms with E-state index in [4.69, 9.17) is 0 Å².